The van der Waals surface area contributed by atoms with Gasteiger partial charge in [-0.1, -0.05) is 0 Å². The van der Waals surface area contributed by atoms with Gasteiger partial charge in [0.05, 0.1) is 18.3 Å². The van der Waals surface area contributed by atoms with Gasteiger partial charge in [-0.2, -0.15) is 0 Å². The van der Waals surface area contributed by atoms with E-state index < -0.39 is 5.82 Å². The molecular formula is C20H27FN4O4. The molecule has 1 unspecified atom stereocenters. The number of carbonyl (C=O) groups excluding carboxylic acids is 2. The summed E-state index contributed by atoms with van der Waals surface area (Å²) in [6.45, 7) is 1.87. The second-order valence-electron chi connectivity index (χ2n) is 8.07. The molecule has 3 heterocycles. The van der Waals surface area contributed by atoms with Crippen molar-refractivity contribution in [1.82, 2.24) is 20.2 Å². The minimum Gasteiger partial charge on any atom is -0.460 e. The zero-order valence-electron chi connectivity index (χ0n) is 16.4. The summed E-state index contributed by atoms with van der Waals surface area (Å²) in [6, 6.07) is 0.468. The van der Waals surface area contributed by atoms with E-state index in [1.54, 1.807) is 0 Å². The van der Waals surface area contributed by atoms with E-state index >= 15 is 0 Å². The Morgan fingerprint density at radius 3 is 2.52 bits per heavy atom. The van der Waals surface area contributed by atoms with Gasteiger partial charge in [0.25, 0.3) is 0 Å². The zero-order chi connectivity index (χ0) is 20.2. The lowest BCUT2D eigenvalue weighted by Gasteiger charge is -2.31. The van der Waals surface area contributed by atoms with Gasteiger partial charge in [0.1, 0.15) is 6.10 Å². The molecule has 4 rings (SSSR count). The second-order valence-corrected chi connectivity index (χ2v) is 8.07. The number of likely N-dealkylation sites (tertiary alicyclic amines) is 1. The van der Waals surface area contributed by atoms with Gasteiger partial charge in [-0.05, 0) is 38.5 Å². The lowest BCUT2D eigenvalue weighted by Crippen LogP contribution is -2.44. The standard InChI is InChI=1S/C20H27FN4O4/c21-14-10-22-20(23-11-14)29-17-3-1-15(2-4-17)24-19(27)13-9-18(26)25(12-13)16-5-7-28-8-6-16/h10-11,13,15-17H,1-9,12H2,(H,24,27). The number of hydrogen-bond acceptors (Lipinski definition) is 6. The quantitative estimate of drug-likeness (QED) is 0.796. The Morgan fingerprint density at radius 2 is 1.83 bits per heavy atom. The first-order valence-electron chi connectivity index (χ1n) is 10.4. The molecule has 1 aliphatic carbocycles. The third-order valence-corrected chi connectivity index (χ3v) is 6.05. The fourth-order valence-electron chi connectivity index (χ4n) is 4.41. The Balaban J connectivity index is 1.21. The number of nitrogens with one attached hydrogen (secondary N) is 1. The number of ether oxygens (including phenoxy) is 2. The minimum absolute atomic E-state index is 0.0286. The Kier molecular flexibility index (Phi) is 6.22. The van der Waals surface area contributed by atoms with Crippen LogP contribution in [-0.4, -0.2) is 64.6 Å². The first-order valence-corrected chi connectivity index (χ1v) is 10.4. The number of rotatable bonds is 5. The van der Waals surface area contributed by atoms with Gasteiger partial charge >= 0.3 is 6.01 Å². The van der Waals surface area contributed by atoms with Gasteiger partial charge in [0, 0.05) is 38.3 Å². The molecule has 3 aliphatic rings. The van der Waals surface area contributed by atoms with Gasteiger partial charge in [0.15, 0.2) is 5.82 Å². The van der Waals surface area contributed by atoms with Crippen LogP contribution in [0.3, 0.4) is 0 Å². The van der Waals surface area contributed by atoms with Crippen molar-refractivity contribution in [3.05, 3.63) is 18.2 Å². The lowest BCUT2D eigenvalue weighted by molar-refractivity contribution is -0.131. The van der Waals surface area contributed by atoms with Crippen molar-refractivity contribution in [2.75, 3.05) is 19.8 Å². The SMILES string of the molecule is O=C(NC1CCC(Oc2ncc(F)cn2)CC1)C1CC(=O)N(C2CCOCC2)C1. The van der Waals surface area contributed by atoms with Gasteiger partial charge in [-0.3, -0.25) is 9.59 Å². The van der Waals surface area contributed by atoms with Crippen LogP contribution in [0, 0.1) is 11.7 Å². The summed E-state index contributed by atoms with van der Waals surface area (Å²) in [4.78, 5) is 34.6. The summed E-state index contributed by atoms with van der Waals surface area (Å²) >= 11 is 0. The molecule has 158 valence electrons. The maximum atomic E-state index is 12.9. The Hall–Kier alpha value is -2.29. The first kappa shape index (κ1) is 20.0. The Morgan fingerprint density at radius 1 is 1.14 bits per heavy atom. The molecule has 1 atom stereocenters. The van der Waals surface area contributed by atoms with Crippen molar-refractivity contribution in [3.63, 3.8) is 0 Å². The predicted molar refractivity (Wildman–Crippen MR) is 100 cm³/mol. The third kappa shape index (κ3) is 5.01. The summed E-state index contributed by atoms with van der Waals surface area (Å²) in [6.07, 6.45) is 7.25. The highest BCUT2D eigenvalue weighted by atomic mass is 19.1. The molecule has 3 fully saturated rings. The summed E-state index contributed by atoms with van der Waals surface area (Å²) < 4.78 is 23.9. The molecule has 8 nitrogen and oxygen atoms in total. The van der Waals surface area contributed by atoms with E-state index in [1.165, 1.54) is 0 Å². The van der Waals surface area contributed by atoms with Gasteiger partial charge in [-0.25, -0.2) is 14.4 Å². The molecular weight excluding hydrogens is 379 g/mol. The third-order valence-electron chi connectivity index (χ3n) is 6.05. The molecule has 2 saturated heterocycles. The fraction of sp³-hybridized carbons (Fsp3) is 0.700. The van der Waals surface area contributed by atoms with Crippen LogP contribution in [0.15, 0.2) is 12.4 Å². The highest BCUT2D eigenvalue weighted by Crippen LogP contribution is 2.27. The van der Waals surface area contributed by atoms with Crippen LogP contribution >= 0.6 is 0 Å². The van der Waals surface area contributed by atoms with Crippen LogP contribution in [0.5, 0.6) is 6.01 Å². The molecule has 0 aromatic carbocycles. The van der Waals surface area contributed by atoms with Gasteiger partial charge in [0.2, 0.25) is 11.8 Å². The minimum atomic E-state index is -0.496. The number of hydrogen-bond donors (Lipinski definition) is 1. The van der Waals surface area contributed by atoms with Crippen LogP contribution in [0.1, 0.15) is 44.9 Å². The number of amides is 2. The molecule has 0 spiro atoms. The fourth-order valence-corrected chi connectivity index (χ4v) is 4.41. The largest absolute Gasteiger partial charge is 0.460 e. The maximum absolute atomic E-state index is 12.9. The summed E-state index contributed by atoms with van der Waals surface area (Å²) in [5, 5.41) is 3.12. The molecule has 1 saturated carbocycles. The predicted octanol–water partition coefficient (Wildman–Crippen LogP) is 1.45. The molecule has 29 heavy (non-hydrogen) atoms. The molecule has 0 bridgehead atoms. The van der Waals surface area contributed by atoms with Crippen molar-refractivity contribution >= 4 is 11.8 Å². The van der Waals surface area contributed by atoms with Crippen LogP contribution in [-0.2, 0) is 14.3 Å². The zero-order valence-corrected chi connectivity index (χ0v) is 16.4. The van der Waals surface area contributed by atoms with Crippen LogP contribution in [0.4, 0.5) is 4.39 Å². The molecule has 9 heteroatoms. The molecule has 1 aromatic heterocycles. The molecule has 0 radical (unpaired) electrons. The van der Waals surface area contributed by atoms with Crippen molar-refractivity contribution < 1.29 is 23.5 Å². The summed E-state index contributed by atoms with van der Waals surface area (Å²) in [5.41, 5.74) is 0. The number of carbonyl (C=O) groups is 2. The highest BCUT2D eigenvalue weighted by molar-refractivity contribution is 5.89. The topological polar surface area (TPSA) is 93.7 Å². The summed E-state index contributed by atoms with van der Waals surface area (Å²) in [5.74, 6) is -0.718. The Bertz CT molecular complexity index is 718. The molecule has 1 N–H and O–H groups in total. The molecule has 2 aliphatic heterocycles. The highest BCUT2D eigenvalue weighted by Gasteiger charge is 2.39. The average Bonchev–Trinajstić information content (AvgIpc) is 3.14. The second kappa shape index (κ2) is 9.02. The smallest absolute Gasteiger partial charge is 0.316 e. The van der Waals surface area contributed by atoms with E-state index in [0.29, 0.717) is 26.2 Å². The molecule has 1 aromatic rings. The van der Waals surface area contributed by atoms with Gasteiger partial charge in [-0.15, -0.1) is 0 Å². The van der Waals surface area contributed by atoms with E-state index in [9.17, 15) is 14.0 Å². The van der Waals surface area contributed by atoms with Crippen molar-refractivity contribution in [3.8, 4) is 6.01 Å². The maximum Gasteiger partial charge on any atom is 0.316 e. The van der Waals surface area contributed by atoms with E-state index in [0.717, 1.165) is 50.9 Å². The van der Waals surface area contributed by atoms with E-state index in [1.807, 2.05) is 4.90 Å². The van der Waals surface area contributed by atoms with Crippen LogP contribution in [0.2, 0.25) is 0 Å². The Labute approximate surface area is 169 Å². The number of aromatic nitrogens is 2. The van der Waals surface area contributed by atoms with Gasteiger partial charge < -0.3 is 19.7 Å². The van der Waals surface area contributed by atoms with E-state index in [-0.39, 0.29) is 41.9 Å². The average molecular weight is 406 g/mol. The lowest BCUT2D eigenvalue weighted by atomic mass is 9.92. The van der Waals surface area contributed by atoms with Crippen LogP contribution < -0.4 is 10.1 Å². The normalized spacial score (nSPS) is 28.4. The number of halogens is 1. The molecule has 2 amide bonds. The van der Waals surface area contributed by atoms with Crippen molar-refractivity contribution in [2.24, 2.45) is 5.92 Å². The van der Waals surface area contributed by atoms with Crippen molar-refractivity contribution in [2.45, 2.75) is 63.1 Å². The summed E-state index contributed by atoms with van der Waals surface area (Å²) in [7, 11) is 0. The van der Waals surface area contributed by atoms with Crippen molar-refractivity contribution in [1.29, 1.82) is 0 Å². The van der Waals surface area contributed by atoms with E-state index in [2.05, 4.69) is 15.3 Å². The van der Waals surface area contributed by atoms with E-state index in [4.69, 9.17) is 9.47 Å². The first-order chi connectivity index (χ1) is 14.1. The number of nitrogens with zero attached hydrogens (tertiary/aromatic N) is 3. The monoisotopic (exact) mass is 406 g/mol. The van der Waals surface area contributed by atoms with Crippen LogP contribution in [0.25, 0.3) is 0 Å².